The van der Waals surface area contributed by atoms with Gasteiger partial charge in [0.2, 0.25) is 5.82 Å². The molecular weight excluding hydrogens is 443 g/mol. The van der Waals surface area contributed by atoms with Crippen molar-refractivity contribution in [2.45, 2.75) is 13.0 Å². The minimum atomic E-state index is -4.78. The van der Waals surface area contributed by atoms with Crippen molar-refractivity contribution in [2.24, 2.45) is 0 Å². The van der Waals surface area contributed by atoms with Gasteiger partial charge in [0, 0.05) is 11.5 Å². The Labute approximate surface area is 175 Å². The molecule has 0 spiro atoms. The van der Waals surface area contributed by atoms with Gasteiger partial charge in [-0.2, -0.15) is 8.78 Å². The van der Waals surface area contributed by atoms with Crippen molar-refractivity contribution in [3.8, 4) is 22.8 Å². The quantitative estimate of drug-likeness (QED) is 0.216. The number of phenols is 2. The van der Waals surface area contributed by atoms with E-state index in [0.29, 0.717) is 0 Å². The van der Waals surface area contributed by atoms with Gasteiger partial charge in [-0.05, 0) is 54.4 Å². The van der Waals surface area contributed by atoms with Crippen molar-refractivity contribution in [2.75, 3.05) is 0 Å². The summed E-state index contributed by atoms with van der Waals surface area (Å²) in [5, 5.41) is 19.5. The first kappa shape index (κ1) is 21.5. The van der Waals surface area contributed by atoms with Crippen LogP contribution in [0.5, 0.6) is 11.5 Å². The molecule has 0 amide bonds. The van der Waals surface area contributed by atoms with Crippen LogP contribution in [0, 0.1) is 36.0 Å². The van der Waals surface area contributed by atoms with E-state index in [0.717, 1.165) is 6.07 Å². The Hall–Kier alpha value is -3.69. The lowest BCUT2D eigenvalue weighted by molar-refractivity contribution is -0.0386. The average Bonchev–Trinajstić information content (AvgIpc) is 3.03. The van der Waals surface area contributed by atoms with E-state index in [9.17, 15) is 32.2 Å². The van der Waals surface area contributed by atoms with Gasteiger partial charge in [-0.3, -0.25) is 4.57 Å². The summed E-state index contributed by atoms with van der Waals surface area (Å²) in [5.41, 5.74) is -2.85. The fraction of sp³-hybridized carbons (Fsp3) is 0.0909. The lowest BCUT2D eigenvalue weighted by atomic mass is 10.1. The Morgan fingerprint density at radius 3 is 1.78 bits per heavy atom. The van der Waals surface area contributed by atoms with E-state index in [2.05, 4.69) is 0 Å². The number of phenolic OH excluding ortho intramolecular Hbond substituents is 2. The first-order chi connectivity index (χ1) is 15.0. The van der Waals surface area contributed by atoms with E-state index in [-0.39, 0.29) is 32.5 Å². The Bertz CT molecular complexity index is 1350. The summed E-state index contributed by atoms with van der Waals surface area (Å²) < 4.78 is 101. The molecule has 166 valence electrons. The lowest BCUT2D eigenvalue weighted by Crippen LogP contribution is -2.29. The van der Waals surface area contributed by atoms with Crippen LogP contribution in [-0.2, 0) is 6.05 Å². The molecule has 3 nitrogen and oxygen atoms in total. The monoisotopic (exact) mass is 455 g/mol. The maximum Gasteiger partial charge on any atom is 0.362 e. The van der Waals surface area contributed by atoms with Crippen LogP contribution in [0.15, 0.2) is 42.5 Å². The number of aryl methyl sites for hydroxylation is 1. The summed E-state index contributed by atoms with van der Waals surface area (Å²) in [6.45, 7) is 1.41. The van der Waals surface area contributed by atoms with Crippen molar-refractivity contribution < 1.29 is 40.9 Å². The van der Waals surface area contributed by atoms with Crippen molar-refractivity contribution in [3.05, 3.63) is 82.7 Å². The summed E-state index contributed by atoms with van der Waals surface area (Å²) in [4.78, 5) is 0. The third-order valence-corrected chi connectivity index (χ3v) is 5.14. The van der Waals surface area contributed by atoms with Crippen LogP contribution in [0.2, 0.25) is 0 Å². The van der Waals surface area contributed by atoms with E-state index in [1.165, 1.54) is 43.3 Å². The minimum Gasteiger partial charge on any atom is -0.508 e. The normalized spacial score (nSPS) is 12.0. The van der Waals surface area contributed by atoms with Crippen LogP contribution >= 0.6 is 0 Å². The molecule has 32 heavy (non-hydrogen) atoms. The number of alkyl halides is 2. The molecule has 0 saturated heterocycles. The fourth-order valence-electron chi connectivity index (χ4n) is 3.68. The fourth-order valence-corrected chi connectivity index (χ4v) is 3.68. The minimum absolute atomic E-state index is 0.0551. The standard InChI is InChI=1S/C22H12F7NO2/c1-9-13-7-6-12(32)8-14(13)30(21(9)10-2-4-11(31)5-3-10)22(28,29)15-16(23)18(25)20(27)19(26)17(15)24/h2-8,31-32H,1H3. The van der Waals surface area contributed by atoms with Crippen LogP contribution in [0.4, 0.5) is 30.7 Å². The van der Waals surface area contributed by atoms with Gasteiger partial charge >= 0.3 is 6.05 Å². The van der Waals surface area contributed by atoms with Crippen molar-refractivity contribution in [3.63, 3.8) is 0 Å². The summed E-state index contributed by atoms with van der Waals surface area (Å²) >= 11 is 0. The Kier molecular flexibility index (Phi) is 4.83. The molecule has 0 radical (unpaired) electrons. The Balaban J connectivity index is 2.16. The zero-order chi connectivity index (χ0) is 23.5. The predicted octanol–water partition coefficient (Wildman–Crippen LogP) is 6.32. The number of rotatable bonds is 3. The lowest BCUT2D eigenvalue weighted by Gasteiger charge is -2.24. The number of aromatic nitrogens is 1. The van der Waals surface area contributed by atoms with Gasteiger partial charge in [-0.25, -0.2) is 22.0 Å². The first-order valence-electron chi connectivity index (χ1n) is 9.00. The van der Waals surface area contributed by atoms with E-state index in [1.54, 1.807) is 0 Å². The molecule has 1 heterocycles. The number of halogens is 7. The third-order valence-electron chi connectivity index (χ3n) is 5.14. The van der Waals surface area contributed by atoms with Gasteiger partial charge < -0.3 is 10.2 Å². The maximum atomic E-state index is 15.7. The first-order valence-corrected chi connectivity index (χ1v) is 9.00. The molecule has 0 aliphatic rings. The molecule has 4 aromatic rings. The zero-order valence-corrected chi connectivity index (χ0v) is 16.0. The topological polar surface area (TPSA) is 45.4 Å². The second-order valence-electron chi connectivity index (χ2n) is 7.04. The van der Waals surface area contributed by atoms with Gasteiger partial charge in [0.25, 0.3) is 0 Å². The number of hydrogen-bond acceptors (Lipinski definition) is 2. The molecule has 0 atom stereocenters. The van der Waals surface area contributed by atoms with Gasteiger partial charge in [0.05, 0.1) is 11.2 Å². The maximum absolute atomic E-state index is 15.7. The molecule has 0 fully saturated rings. The molecule has 0 unspecified atom stereocenters. The molecule has 0 bridgehead atoms. The summed E-state index contributed by atoms with van der Waals surface area (Å²) in [7, 11) is 0. The van der Waals surface area contributed by atoms with Crippen LogP contribution in [0.25, 0.3) is 22.2 Å². The largest absolute Gasteiger partial charge is 0.508 e. The SMILES string of the molecule is Cc1c(-c2ccc(O)cc2)n(C(F)(F)c2c(F)c(F)c(F)c(F)c2F)c2cc(O)ccc12. The van der Waals surface area contributed by atoms with Crippen LogP contribution in [0.1, 0.15) is 11.1 Å². The summed E-state index contributed by atoms with van der Waals surface area (Å²) in [5.74, 6) is -13.6. The smallest absolute Gasteiger partial charge is 0.362 e. The Morgan fingerprint density at radius 2 is 1.22 bits per heavy atom. The van der Waals surface area contributed by atoms with Gasteiger partial charge in [-0.15, -0.1) is 0 Å². The van der Waals surface area contributed by atoms with Crippen LogP contribution < -0.4 is 0 Å². The second kappa shape index (κ2) is 7.18. The van der Waals surface area contributed by atoms with Crippen molar-refractivity contribution in [1.29, 1.82) is 0 Å². The van der Waals surface area contributed by atoms with Gasteiger partial charge in [0.15, 0.2) is 23.3 Å². The van der Waals surface area contributed by atoms with Crippen molar-refractivity contribution >= 4 is 10.9 Å². The highest BCUT2D eigenvalue weighted by molar-refractivity contribution is 5.93. The molecule has 4 rings (SSSR count). The highest BCUT2D eigenvalue weighted by atomic mass is 19.3. The molecule has 0 aliphatic carbocycles. The molecule has 0 aliphatic heterocycles. The predicted molar refractivity (Wildman–Crippen MR) is 101 cm³/mol. The van der Waals surface area contributed by atoms with Crippen LogP contribution in [0.3, 0.4) is 0 Å². The van der Waals surface area contributed by atoms with E-state index >= 15 is 8.78 Å². The molecular formula is C22H12F7NO2. The second-order valence-corrected chi connectivity index (χ2v) is 7.04. The van der Waals surface area contributed by atoms with E-state index in [1.807, 2.05) is 0 Å². The van der Waals surface area contributed by atoms with Gasteiger partial charge in [0.1, 0.15) is 17.1 Å². The number of nitrogens with zero attached hydrogens (tertiary/aromatic N) is 1. The van der Waals surface area contributed by atoms with Gasteiger partial charge in [-0.1, -0.05) is 0 Å². The molecule has 3 aromatic carbocycles. The third kappa shape index (κ3) is 2.97. The summed E-state index contributed by atoms with van der Waals surface area (Å²) in [6.07, 6.45) is 0. The summed E-state index contributed by atoms with van der Waals surface area (Å²) in [6, 6.07) is 3.38. The molecule has 1 aromatic heterocycles. The molecule has 10 heteroatoms. The highest BCUT2D eigenvalue weighted by Crippen LogP contribution is 2.45. The number of fused-ring (bicyclic) bond motifs is 1. The molecule has 2 N–H and O–H groups in total. The average molecular weight is 455 g/mol. The highest BCUT2D eigenvalue weighted by Gasteiger charge is 2.46. The number of aromatic hydroxyl groups is 2. The number of hydrogen-bond donors (Lipinski definition) is 2. The Morgan fingerprint density at radius 1 is 0.719 bits per heavy atom. The van der Waals surface area contributed by atoms with Crippen LogP contribution in [-0.4, -0.2) is 14.8 Å². The van der Waals surface area contributed by atoms with E-state index in [4.69, 9.17) is 0 Å². The van der Waals surface area contributed by atoms with E-state index < -0.39 is 52.0 Å². The number of benzene rings is 3. The zero-order valence-electron chi connectivity index (χ0n) is 16.0. The van der Waals surface area contributed by atoms with Crippen molar-refractivity contribution in [1.82, 2.24) is 4.57 Å². The molecule has 0 saturated carbocycles.